The van der Waals surface area contributed by atoms with Gasteiger partial charge in [-0.05, 0) is 24.5 Å². The normalized spacial score (nSPS) is 12.3. The van der Waals surface area contributed by atoms with Crippen LogP contribution in [-0.2, 0) is 7.05 Å². The molecule has 0 unspecified atom stereocenters. The fraction of sp³-hybridized carbons (Fsp3) is 0.400. The third-order valence-electron chi connectivity index (χ3n) is 3.23. The molecular formula is C15H20N2O. The lowest BCUT2D eigenvalue weighted by atomic mass is 9.99. The Morgan fingerprint density at radius 1 is 1.39 bits per heavy atom. The van der Waals surface area contributed by atoms with Crippen LogP contribution in [0, 0.1) is 0 Å². The minimum atomic E-state index is -0.0511. The Balaban J connectivity index is 2.69. The van der Waals surface area contributed by atoms with Crippen molar-refractivity contribution in [1.82, 2.24) is 9.55 Å². The van der Waals surface area contributed by atoms with E-state index in [2.05, 4.69) is 31.0 Å². The summed E-state index contributed by atoms with van der Waals surface area (Å²) in [4.78, 5) is 14.6. The highest BCUT2D eigenvalue weighted by molar-refractivity contribution is 5.89. The number of rotatable bonds is 4. The Morgan fingerprint density at radius 3 is 2.83 bits per heavy atom. The highest BCUT2D eigenvalue weighted by Crippen LogP contribution is 2.26. The first-order valence-electron chi connectivity index (χ1n) is 6.56. The van der Waals surface area contributed by atoms with Gasteiger partial charge in [-0.1, -0.05) is 38.5 Å². The van der Waals surface area contributed by atoms with E-state index < -0.39 is 0 Å². The van der Waals surface area contributed by atoms with Gasteiger partial charge in [0, 0.05) is 12.6 Å². The summed E-state index contributed by atoms with van der Waals surface area (Å²) in [5.41, 5.74) is 4.39. The highest BCUT2D eigenvalue weighted by Gasteiger charge is 2.10. The van der Waals surface area contributed by atoms with Crippen LogP contribution in [0.5, 0.6) is 0 Å². The molecule has 0 amide bonds. The molecule has 1 aromatic carbocycles. The largest absolute Gasteiger partial charge is 0.326 e. The zero-order chi connectivity index (χ0) is 13.1. The van der Waals surface area contributed by atoms with Crippen molar-refractivity contribution in [3.05, 3.63) is 40.3 Å². The van der Waals surface area contributed by atoms with Crippen molar-refractivity contribution in [2.75, 3.05) is 0 Å². The zero-order valence-electron chi connectivity index (χ0n) is 11.3. The Bertz CT molecular complexity index is 631. The van der Waals surface area contributed by atoms with E-state index in [4.69, 9.17) is 0 Å². The molecule has 2 rings (SSSR count). The van der Waals surface area contributed by atoms with Crippen LogP contribution in [0.2, 0.25) is 0 Å². The molecule has 2 aromatic rings. The van der Waals surface area contributed by atoms with Crippen LogP contribution in [0.4, 0.5) is 0 Å². The number of hydrogen-bond donors (Lipinski definition) is 1. The van der Waals surface area contributed by atoms with Crippen LogP contribution in [0.25, 0.3) is 16.6 Å². The Kier molecular flexibility index (Phi) is 3.70. The molecule has 1 heterocycles. The van der Waals surface area contributed by atoms with Crippen molar-refractivity contribution < 1.29 is 0 Å². The highest BCUT2D eigenvalue weighted by atomic mass is 16.1. The van der Waals surface area contributed by atoms with Gasteiger partial charge in [0.1, 0.15) is 0 Å². The average Bonchev–Trinajstić information content (AvgIpc) is 2.65. The van der Waals surface area contributed by atoms with E-state index in [9.17, 15) is 4.79 Å². The molecule has 1 aromatic heterocycles. The number of benzene rings is 1. The number of nitrogens with zero attached hydrogens (tertiary/aromatic N) is 1. The molecule has 1 N–H and O–H groups in total. The SMILES string of the molecule is CC/C=C(\CCC)c1cccc2[nH]c(=O)n(C)c12. The fourth-order valence-corrected chi connectivity index (χ4v) is 2.43. The van der Waals surface area contributed by atoms with Crippen molar-refractivity contribution in [1.29, 1.82) is 0 Å². The van der Waals surface area contributed by atoms with Gasteiger partial charge in [-0.2, -0.15) is 0 Å². The smallest absolute Gasteiger partial charge is 0.306 e. The molecule has 0 radical (unpaired) electrons. The lowest BCUT2D eigenvalue weighted by molar-refractivity contribution is 0.888. The van der Waals surface area contributed by atoms with Crippen molar-refractivity contribution in [3.8, 4) is 0 Å². The van der Waals surface area contributed by atoms with Gasteiger partial charge in [0.05, 0.1) is 11.0 Å². The number of aromatic amines is 1. The van der Waals surface area contributed by atoms with E-state index in [-0.39, 0.29) is 5.69 Å². The van der Waals surface area contributed by atoms with Crippen molar-refractivity contribution in [2.45, 2.75) is 33.1 Å². The second kappa shape index (κ2) is 5.25. The Labute approximate surface area is 107 Å². The van der Waals surface area contributed by atoms with Crippen molar-refractivity contribution >= 4 is 16.6 Å². The standard InChI is InChI=1S/C15H20N2O/c1-4-7-11(8-5-2)12-9-6-10-13-14(12)17(3)15(18)16-13/h6-7,9-10H,4-5,8H2,1-3H3,(H,16,18)/b11-7+. The first-order valence-corrected chi connectivity index (χ1v) is 6.56. The molecule has 0 spiro atoms. The zero-order valence-corrected chi connectivity index (χ0v) is 11.3. The van der Waals surface area contributed by atoms with E-state index in [1.54, 1.807) is 4.57 Å². The molecule has 0 fully saturated rings. The molecule has 0 saturated carbocycles. The first-order chi connectivity index (χ1) is 8.69. The lowest BCUT2D eigenvalue weighted by Crippen LogP contribution is -2.12. The van der Waals surface area contributed by atoms with Crippen LogP contribution in [-0.4, -0.2) is 9.55 Å². The molecule has 0 atom stereocenters. The number of nitrogens with one attached hydrogen (secondary N) is 1. The van der Waals surface area contributed by atoms with Crippen LogP contribution in [0.3, 0.4) is 0 Å². The molecule has 0 saturated heterocycles. The van der Waals surface area contributed by atoms with E-state index in [1.807, 2.05) is 19.2 Å². The lowest BCUT2D eigenvalue weighted by Gasteiger charge is -2.09. The van der Waals surface area contributed by atoms with Gasteiger partial charge < -0.3 is 4.98 Å². The summed E-state index contributed by atoms with van der Waals surface area (Å²) in [7, 11) is 1.82. The van der Waals surface area contributed by atoms with Gasteiger partial charge in [0.25, 0.3) is 0 Å². The fourth-order valence-electron chi connectivity index (χ4n) is 2.43. The molecule has 0 aliphatic carbocycles. The van der Waals surface area contributed by atoms with Gasteiger partial charge in [-0.25, -0.2) is 4.79 Å². The van der Waals surface area contributed by atoms with Crippen LogP contribution < -0.4 is 5.69 Å². The van der Waals surface area contributed by atoms with E-state index in [1.165, 1.54) is 11.1 Å². The summed E-state index contributed by atoms with van der Waals surface area (Å²) in [6, 6.07) is 6.06. The summed E-state index contributed by atoms with van der Waals surface area (Å²) in [6.45, 7) is 4.33. The number of hydrogen-bond acceptors (Lipinski definition) is 1. The van der Waals surface area contributed by atoms with Gasteiger partial charge in [-0.3, -0.25) is 4.57 Å². The van der Waals surface area contributed by atoms with Crippen molar-refractivity contribution in [3.63, 3.8) is 0 Å². The maximum absolute atomic E-state index is 11.7. The number of allylic oxidation sites excluding steroid dienone is 2. The van der Waals surface area contributed by atoms with Crippen molar-refractivity contribution in [2.24, 2.45) is 7.05 Å². The summed E-state index contributed by atoms with van der Waals surface area (Å²) in [6.07, 6.45) is 5.44. The molecule has 0 aliphatic rings. The monoisotopic (exact) mass is 244 g/mol. The number of fused-ring (bicyclic) bond motifs is 1. The van der Waals surface area contributed by atoms with Gasteiger partial charge >= 0.3 is 5.69 Å². The van der Waals surface area contributed by atoms with E-state index in [0.29, 0.717) is 0 Å². The second-order valence-electron chi connectivity index (χ2n) is 4.58. The summed E-state index contributed by atoms with van der Waals surface area (Å²) in [5, 5.41) is 0. The molecular weight excluding hydrogens is 224 g/mol. The van der Waals surface area contributed by atoms with Crippen LogP contribution in [0.15, 0.2) is 29.1 Å². The number of para-hydroxylation sites is 1. The molecule has 0 aliphatic heterocycles. The minimum Gasteiger partial charge on any atom is -0.306 e. The number of aryl methyl sites for hydroxylation is 1. The molecule has 3 nitrogen and oxygen atoms in total. The molecule has 18 heavy (non-hydrogen) atoms. The maximum Gasteiger partial charge on any atom is 0.326 e. The average molecular weight is 244 g/mol. The molecule has 3 heteroatoms. The second-order valence-corrected chi connectivity index (χ2v) is 4.58. The number of aromatic nitrogens is 2. The topological polar surface area (TPSA) is 37.8 Å². The third-order valence-corrected chi connectivity index (χ3v) is 3.23. The first kappa shape index (κ1) is 12.7. The minimum absolute atomic E-state index is 0.0511. The van der Waals surface area contributed by atoms with Gasteiger partial charge in [-0.15, -0.1) is 0 Å². The van der Waals surface area contributed by atoms with E-state index >= 15 is 0 Å². The molecule has 0 bridgehead atoms. The molecule has 96 valence electrons. The maximum atomic E-state index is 11.7. The number of H-pyrrole nitrogens is 1. The summed E-state index contributed by atoms with van der Waals surface area (Å²) >= 11 is 0. The Hall–Kier alpha value is -1.77. The quantitative estimate of drug-likeness (QED) is 0.878. The third kappa shape index (κ3) is 2.13. The predicted octanol–water partition coefficient (Wildman–Crippen LogP) is 3.46. The van der Waals surface area contributed by atoms with E-state index in [0.717, 1.165) is 30.3 Å². The number of imidazole rings is 1. The van der Waals surface area contributed by atoms with Gasteiger partial charge in [0.2, 0.25) is 0 Å². The van der Waals surface area contributed by atoms with Crippen LogP contribution in [0.1, 0.15) is 38.7 Å². The van der Waals surface area contributed by atoms with Gasteiger partial charge in [0.15, 0.2) is 0 Å². The summed E-state index contributed by atoms with van der Waals surface area (Å²) < 4.78 is 1.70. The predicted molar refractivity (Wildman–Crippen MR) is 76.7 cm³/mol. The Morgan fingerprint density at radius 2 is 2.17 bits per heavy atom. The summed E-state index contributed by atoms with van der Waals surface area (Å²) in [5.74, 6) is 0. The van der Waals surface area contributed by atoms with Crippen LogP contribution >= 0.6 is 0 Å².